The highest BCUT2D eigenvalue weighted by Gasteiger charge is 2.14. The molecule has 0 aliphatic heterocycles. The number of aliphatic carboxylic acids is 1. The number of amides is 1. The third kappa shape index (κ3) is 4.41. The fraction of sp³-hybridized carbons (Fsp3) is 0.0909. The number of phenols is 1. The predicted octanol–water partition coefficient (Wildman–Crippen LogP) is 2.44. The van der Waals surface area contributed by atoms with Crippen molar-refractivity contribution in [2.75, 3.05) is 11.1 Å². The topological polar surface area (TPSA) is 112 Å². The molecule has 21 heavy (non-hydrogen) atoms. The lowest BCUT2D eigenvalue weighted by atomic mass is 10.2. The fourth-order valence-electron chi connectivity index (χ4n) is 1.30. The number of benzene rings is 1. The van der Waals surface area contributed by atoms with E-state index < -0.39 is 11.9 Å². The number of anilines is 1. The highest BCUT2D eigenvalue weighted by Crippen LogP contribution is 2.27. The number of carbonyl (C=O) groups is 2. The van der Waals surface area contributed by atoms with Gasteiger partial charge in [0.05, 0.1) is 11.3 Å². The Morgan fingerprint density at radius 3 is 2.81 bits per heavy atom. The van der Waals surface area contributed by atoms with Crippen LogP contribution in [0.5, 0.6) is 5.75 Å². The number of phenolic OH excluding ortho intramolecular Hbond substituents is 1. The Hall–Kier alpha value is -1.65. The molecule has 7 nitrogen and oxygen atoms in total. The number of rotatable bonds is 5. The van der Waals surface area contributed by atoms with Gasteiger partial charge in [-0.1, -0.05) is 39.0 Å². The fourth-order valence-corrected chi connectivity index (χ4v) is 3.12. The van der Waals surface area contributed by atoms with Gasteiger partial charge in [0.25, 0.3) is 5.91 Å². The summed E-state index contributed by atoms with van der Waals surface area (Å²) in [4.78, 5) is 22.4. The largest absolute Gasteiger partial charge is 0.507 e. The van der Waals surface area contributed by atoms with Crippen molar-refractivity contribution < 1.29 is 19.8 Å². The van der Waals surface area contributed by atoms with Gasteiger partial charge in [0.1, 0.15) is 5.75 Å². The van der Waals surface area contributed by atoms with Gasteiger partial charge in [-0.3, -0.25) is 14.9 Å². The molecule has 0 atom stereocenters. The highest BCUT2D eigenvalue weighted by molar-refractivity contribution is 9.10. The minimum atomic E-state index is -0.958. The molecule has 2 rings (SSSR count). The maximum Gasteiger partial charge on any atom is 0.313 e. The Bertz CT molecular complexity index is 692. The summed E-state index contributed by atoms with van der Waals surface area (Å²) < 4.78 is 1.09. The third-order valence-corrected chi connectivity index (χ3v) is 4.60. The van der Waals surface area contributed by atoms with Crippen LogP contribution in [0.3, 0.4) is 0 Å². The molecule has 0 bridgehead atoms. The summed E-state index contributed by atoms with van der Waals surface area (Å²) >= 11 is 5.26. The molecule has 1 aromatic heterocycles. The van der Waals surface area contributed by atoms with Crippen LogP contribution in [0.1, 0.15) is 10.4 Å². The first-order valence-electron chi connectivity index (χ1n) is 5.43. The zero-order chi connectivity index (χ0) is 15.4. The van der Waals surface area contributed by atoms with E-state index in [-0.39, 0.29) is 22.2 Å². The number of nitrogens with zero attached hydrogens (tertiary/aromatic N) is 2. The highest BCUT2D eigenvalue weighted by atomic mass is 79.9. The number of carbonyl (C=O) groups excluding carboxylic acids is 1. The van der Waals surface area contributed by atoms with Gasteiger partial charge >= 0.3 is 5.97 Å². The Morgan fingerprint density at radius 1 is 1.38 bits per heavy atom. The lowest BCUT2D eigenvalue weighted by molar-refractivity contribution is -0.133. The van der Waals surface area contributed by atoms with Crippen molar-refractivity contribution >= 4 is 56.0 Å². The first-order chi connectivity index (χ1) is 9.95. The van der Waals surface area contributed by atoms with Crippen LogP contribution in [-0.4, -0.2) is 38.0 Å². The van der Waals surface area contributed by atoms with Crippen LogP contribution in [0.15, 0.2) is 27.0 Å². The maximum absolute atomic E-state index is 12.0. The minimum absolute atomic E-state index is 0.105. The minimum Gasteiger partial charge on any atom is -0.507 e. The number of nitrogens with one attached hydrogen (secondary N) is 1. The van der Waals surface area contributed by atoms with Gasteiger partial charge in [-0.05, 0) is 18.2 Å². The zero-order valence-corrected chi connectivity index (χ0v) is 13.5. The third-order valence-electron chi connectivity index (χ3n) is 2.15. The SMILES string of the molecule is O=C(O)CSc1nnc(NC(=O)c2ccc(Br)cc2O)s1. The molecule has 0 unspecified atom stereocenters. The Labute approximate surface area is 135 Å². The van der Waals surface area contributed by atoms with Gasteiger partial charge in [-0.2, -0.15) is 0 Å². The quantitative estimate of drug-likeness (QED) is 0.531. The summed E-state index contributed by atoms with van der Waals surface area (Å²) in [6.07, 6.45) is 0. The molecule has 1 amide bonds. The molecule has 10 heteroatoms. The number of halogens is 1. The predicted molar refractivity (Wildman–Crippen MR) is 82.0 cm³/mol. The standard InChI is InChI=1S/C11H8BrN3O4S2/c12-5-1-2-6(7(16)3-5)9(19)13-10-14-15-11(21-10)20-4-8(17)18/h1-3,16H,4H2,(H,17,18)(H,13,14,19). The van der Waals surface area contributed by atoms with E-state index in [9.17, 15) is 14.7 Å². The van der Waals surface area contributed by atoms with Crippen LogP contribution in [0.2, 0.25) is 0 Å². The van der Waals surface area contributed by atoms with E-state index in [2.05, 4.69) is 31.4 Å². The van der Waals surface area contributed by atoms with E-state index in [0.29, 0.717) is 8.81 Å². The van der Waals surface area contributed by atoms with Gasteiger partial charge < -0.3 is 10.2 Å². The molecule has 0 fully saturated rings. The Kier molecular flexibility index (Phi) is 5.15. The van der Waals surface area contributed by atoms with Crippen molar-refractivity contribution in [3.05, 3.63) is 28.2 Å². The molecule has 0 saturated heterocycles. The number of thioether (sulfide) groups is 1. The lowest BCUT2D eigenvalue weighted by Crippen LogP contribution is -2.11. The summed E-state index contributed by atoms with van der Waals surface area (Å²) in [5.74, 6) is -1.77. The number of carboxylic acid groups (broad SMARTS) is 1. The van der Waals surface area contributed by atoms with Gasteiger partial charge in [-0.15, -0.1) is 10.2 Å². The van der Waals surface area contributed by atoms with Crippen molar-refractivity contribution in [2.45, 2.75) is 4.34 Å². The normalized spacial score (nSPS) is 10.3. The average Bonchev–Trinajstić information content (AvgIpc) is 2.83. The monoisotopic (exact) mass is 389 g/mol. The van der Waals surface area contributed by atoms with Crippen LogP contribution < -0.4 is 5.32 Å². The molecular weight excluding hydrogens is 382 g/mol. The van der Waals surface area contributed by atoms with Crippen molar-refractivity contribution in [3.8, 4) is 5.75 Å². The van der Waals surface area contributed by atoms with E-state index >= 15 is 0 Å². The van der Waals surface area contributed by atoms with Crippen molar-refractivity contribution in [1.82, 2.24) is 10.2 Å². The van der Waals surface area contributed by atoms with Crippen molar-refractivity contribution in [1.29, 1.82) is 0 Å². The maximum atomic E-state index is 12.0. The summed E-state index contributed by atoms with van der Waals surface area (Å²) in [6, 6.07) is 4.50. The summed E-state index contributed by atoms with van der Waals surface area (Å²) in [7, 11) is 0. The van der Waals surface area contributed by atoms with Crippen LogP contribution in [0.25, 0.3) is 0 Å². The molecular formula is C11H8BrN3O4S2. The molecule has 2 aromatic rings. The number of hydrogen-bond acceptors (Lipinski definition) is 7. The van der Waals surface area contributed by atoms with Crippen LogP contribution in [-0.2, 0) is 4.79 Å². The van der Waals surface area contributed by atoms with E-state index in [0.717, 1.165) is 23.1 Å². The zero-order valence-electron chi connectivity index (χ0n) is 10.2. The molecule has 1 heterocycles. The summed E-state index contributed by atoms with van der Waals surface area (Å²) in [5.41, 5.74) is 0.105. The van der Waals surface area contributed by atoms with Crippen molar-refractivity contribution in [2.24, 2.45) is 0 Å². The van der Waals surface area contributed by atoms with E-state index in [1.165, 1.54) is 12.1 Å². The summed E-state index contributed by atoms with van der Waals surface area (Å²) in [5, 5.41) is 28.5. The number of aromatic nitrogens is 2. The molecule has 3 N–H and O–H groups in total. The lowest BCUT2D eigenvalue weighted by Gasteiger charge is -2.03. The van der Waals surface area contributed by atoms with Gasteiger partial charge in [-0.25, -0.2) is 0 Å². The smallest absolute Gasteiger partial charge is 0.313 e. The first kappa shape index (κ1) is 15.7. The molecule has 1 aromatic carbocycles. The average molecular weight is 390 g/mol. The first-order valence-corrected chi connectivity index (χ1v) is 8.03. The second-order valence-electron chi connectivity index (χ2n) is 3.67. The summed E-state index contributed by atoms with van der Waals surface area (Å²) in [6.45, 7) is 0. The van der Waals surface area contributed by atoms with E-state index in [4.69, 9.17) is 5.11 Å². The number of hydrogen-bond donors (Lipinski definition) is 3. The second-order valence-corrected chi connectivity index (χ2v) is 6.79. The van der Waals surface area contributed by atoms with Gasteiger partial charge in [0.15, 0.2) is 4.34 Å². The Morgan fingerprint density at radius 2 is 2.14 bits per heavy atom. The molecule has 0 aliphatic carbocycles. The molecule has 0 saturated carbocycles. The molecule has 0 radical (unpaired) electrons. The number of carboxylic acids is 1. The van der Waals surface area contributed by atoms with Gasteiger partial charge in [0.2, 0.25) is 5.13 Å². The second kappa shape index (κ2) is 6.87. The van der Waals surface area contributed by atoms with E-state index in [1.807, 2.05) is 0 Å². The number of aromatic hydroxyl groups is 1. The molecule has 110 valence electrons. The van der Waals surface area contributed by atoms with E-state index in [1.54, 1.807) is 6.07 Å². The van der Waals surface area contributed by atoms with Crippen LogP contribution >= 0.6 is 39.0 Å². The van der Waals surface area contributed by atoms with Crippen LogP contribution in [0, 0.1) is 0 Å². The molecule has 0 aliphatic rings. The van der Waals surface area contributed by atoms with Crippen LogP contribution in [0.4, 0.5) is 5.13 Å². The Balaban J connectivity index is 2.04. The molecule has 0 spiro atoms. The van der Waals surface area contributed by atoms with Crippen molar-refractivity contribution in [3.63, 3.8) is 0 Å². The van der Waals surface area contributed by atoms with Gasteiger partial charge in [0, 0.05) is 4.47 Å².